The van der Waals surface area contributed by atoms with Crippen molar-refractivity contribution in [3.8, 4) is 0 Å². The molecule has 0 spiro atoms. The predicted octanol–water partition coefficient (Wildman–Crippen LogP) is 3.12. The zero-order valence-corrected chi connectivity index (χ0v) is 11.3. The topological polar surface area (TPSA) is 40.7 Å². The highest BCUT2D eigenvalue weighted by Gasteiger charge is 2.15. The van der Waals surface area contributed by atoms with Gasteiger partial charge in [-0.1, -0.05) is 36.2 Å². The molecule has 0 bridgehead atoms. The van der Waals surface area contributed by atoms with Crippen molar-refractivity contribution in [2.45, 2.75) is 33.2 Å². The summed E-state index contributed by atoms with van der Waals surface area (Å²) in [6.07, 6.45) is 4.79. The average Bonchev–Trinajstić information content (AvgIpc) is 2.82. The van der Waals surface area contributed by atoms with Crippen molar-refractivity contribution in [1.29, 1.82) is 0 Å². The first-order valence-corrected chi connectivity index (χ1v) is 6.51. The number of rotatable bonds is 5. The average molecular weight is 243 g/mol. The Morgan fingerprint density at radius 3 is 2.50 bits per heavy atom. The van der Waals surface area contributed by atoms with Crippen LogP contribution in [0.3, 0.4) is 0 Å². The molecule has 3 nitrogen and oxygen atoms in total. The third-order valence-electron chi connectivity index (χ3n) is 2.97. The minimum atomic E-state index is 0.151. The molecule has 1 aromatic carbocycles. The Labute approximate surface area is 109 Å². The van der Waals surface area contributed by atoms with Crippen LogP contribution in [0, 0.1) is 13.8 Å². The molecular weight excluding hydrogens is 222 g/mol. The molecular formula is C15H21N3. The van der Waals surface area contributed by atoms with Crippen molar-refractivity contribution in [1.82, 2.24) is 15.3 Å². The maximum atomic E-state index is 4.39. The molecule has 1 heterocycles. The predicted molar refractivity (Wildman–Crippen MR) is 74.6 cm³/mol. The lowest BCUT2D eigenvalue weighted by Gasteiger charge is -2.18. The van der Waals surface area contributed by atoms with Gasteiger partial charge in [0.05, 0.1) is 6.04 Å². The summed E-state index contributed by atoms with van der Waals surface area (Å²) in [6.45, 7) is 7.43. The minimum Gasteiger partial charge on any atom is -0.347 e. The summed E-state index contributed by atoms with van der Waals surface area (Å²) in [5.74, 6) is 0.980. The van der Waals surface area contributed by atoms with Gasteiger partial charge in [-0.05, 0) is 32.4 Å². The maximum absolute atomic E-state index is 4.39. The number of benzene rings is 1. The van der Waals surface area contributed by atoms with E-state index < -0.39 is 0 Å². The molecule has 2 N–H and O–H groups in total. The van der Waals surface area contributed by atoms with Gasteiger partial charge in [0.25, 0.3) is 0 Å². The van der Waals surface area contributed by atoms with Crippen molar-refractivity contribution in [3.05, 3.63) is 53.1 Å². The van der Waals surface area contributed by atoms with Crippen LogP contribution in [0.4, 0.5) is 0 Å². The second-order valence-electron chi connectivity index (χ2n) is 4.78. The minimum absolute atomic E-state index is 0.151. The number of hydrogen-bond acceptors (Lipinski definition) is 2. The first-order valence-electron chi connectivity index (χ1n) is 6.51. The highest BCUT2D eigenvalue weighted by atomic mass is 15.0. The molecule has 0 saturated heterocycles. The normalized spacial score (nSPS) is 12.6. The number of aromatic amines is 1. The molecule has 0 aliphatic rings. The summed E-state index contributed by atoms with van der Waals surface area (Å²) < 4.78 is 0. The van der Waals surface area contributed by atoms with E-state index in [2.05, 4.69) is 54.3 Å². The van der Waals surface area contributed by atoms with Crippen molar-refractivity contribution in [2.24, 2.45) is 0 Å². The van der Waals surface area contributed by atoms with E-state index in [-0.39, 0.29) is 6.04 Å². The molecule has 2 rings (SSSR count). The van der Waals surface area contributed by atoms with Crippen LogP contribution in [0.5, 0.6) is 0 Å². The molecule has 18 heavy (non-hydrogen) atoms. The SMILES string of the molecule is CCCNC(c1cc(C)cc(C)c1)c1ncc[nH]1. The number of aromatic nitrogens is 2. The fourth-order valence-corrected chi connectivity index (χ4v) is 2.27. The van der Waals surface area contributed by atoms with Crippen molar-refractivity contribution in [3.63, 3.8) is 0 Å². The Balaban J connectivity index is 2.33. The summed E-state index contributed by atoms with van der Waals surface area (Å²) in [7, 11) is 0. The Bertz CT molecular complexity index is 468. The van der Waals surface area contributed by atoms with Gasteiger partial charge < -0.3 is 10.3 Å². The summed E-state index contributed by atoms with van der Waals surface area (Å²) in [5, 5.41) is 3.55. The van der Waals surface area contributed by atoms with E-state index in [1.54, 1.807) is 6.20 Å². The van der Waals surface area contributed by atoms with Gasteiger partial charge in [0.1, 0.15) is 5.82 Å². The number of imidazole rings is 1. The number of nitrogens with one attached hydrogen (secondary N) is 2. The standard InChI is InChI=1S/C15H21N3/c1-4-5-16-14(15-17-6-7-18-15)13-9-11(2)8-12(3)10-13/h6-10,14,16H,4-5H2,1-3H3,(H,17,18). The fourth-order valence-electron chi connectivity index (χ4n) is 2.27. The Hall–Kier alpha value is -1.61. The fraction of sp³-hybridized carbons (Fsp3) is 0.400. The number of hydrogen-bond donors (Lipinski definition) is 2. The van der Waals surface area contributed by atoms with E-state index in [9.17, 15) is 0 Å². The molecule has 1 aromatic heterocycles. The van der Waals surface area contributed by atoms with Gasteiger partial charge >= 0.3 is 0 Å². The van der Waals surface area contributed by atoms with Crippen molar-refractivity contribution >= 4 is 0 Å². The molecule has 0 aliphatic carbocycles. The van der Waals surface area contributed by atoms with Gasteiger partial charge in [-0.25, -0.2) is 4.98 Å². The van der Waals surface area contributed by atoms with Gasteiger partial charge in [-0.3, -0.25) is 0 Å². The summed E-state index contributed by atoms with van der Waals surface area (Å²) >= 11 is 0. The Morgan fingerprint density at radius 1 is 1.22 bits per heavy atom. The number of H-pyrrole nitrogens is 1. The largest absolute Gasteiger partial charge is 0.347 e. The zero-order valence-electron chi connectivity index (χ0n) is 11.3. The maximum Gasteiger partial charge on any atom is 0.127 e. The van der Waals surface area contributed by atoms with Crippen LogP contribution in [-0.2, 0) is 0 Å². The van der Waals surface area contributed by atoms with Crippen LogP contribution in [-0.4, -0.2) is 16.5 Å². The molecule has 2 aromatic rings. The van der Waals surface area contributed by atoms with Crippen LogP contribution in [0.15, 0.2) is 30.6 Å². The Kier molecular flexibility index (Phi) is 4.15. The molecule has 0 fully saturated rings. The van der Waals surface area contributed by atoms with E-state index in [0.29, 0.717) is 0 Å². The second-order valence-corrected chi connectivity index (χ2v) is 4.78. The van der Waals surface area contributed by atoms with Gasteiger partial charge in [-0.2, -0.15) is 0 Å². The van der Waals surface area contributed by atoms with Gasteiger partial charge in [0.15, 0.2) is 0 Å². The summed E-state index contributed by atoms with van der Waals surface area (Å²) in [5.41, 5.74) is 3.86. The van der Waals surface area contributed by atoms with E-state index in [4.69, 9.17) is 0 Å². The third-order valence-corrected chi connectivity index (χ3v) is 2.97. The van der Waals surface area contributed by atoms with E-state index in [1.807, 2.05) is 6.20 Å². The molecule has 0 aliphatic heterocycles. The first kappa shape index (κ1) is 12.8. The summed E-state index contributed by atoms with van der Waals surface area (Å²) in [4.78, 5) is 7.60. The number of aryl methyl sites for hydroxylation is 2. The monoisotopic (exact) mass is 243 g/mol. The summed E-state index contributed by atoms with van der Waals surface area (Å²) in [6, 6.07) is 6.80. The molecule has 1 atom stereocenters. The molecule has 0 saturated carbocycles. The quantitative estimate of drug-likeness (QED) is 0.847. The molecule has 3 heteroatoms. The lowest BCUT2D eigenvalue weighted by atomic mass is 10.0. The van der Waals surface area contributed by atoms with E-state index >= 15 is 0 Å². The highest BCUT2D eigenvalue weighted by molar-refractivity contribution is 5.33. The number of nitrogens with zero attached hydrogens (tertiary/aromatic N) is 1. The molecule has 1 unspecified atom stereocenters. The molecule has 96 valence electrons. The van der Waals surface area contributed by atoms with Gasteiger partial charge in [0.2, 0.25) is 0 Å². The van der Waals surface area contributed by atoms with E-state index in [0.717, 1.165) is 18.8 Å². The van der Waals surface area contributed by atoms with E-state index in [1.165, 1.54) is 16.7 Å². The smallest absolute Gasteiger partial charge is 0.127 e. The van der Waals surface area contributed by atoms with Gasteiger partial charge in [-0.15, -0.1) is 0 Å². The van der Waals surface area contributed by atoms with Crippen LogP contribution in [0.1, 0.15) is 41.9 Å². The van der Waals surface area contributed by atoms with Crippen LogP contribution < -0.4 is 5.32 Å². The second kappa shape index (κ2) is 5.83. The molecule has 0 amide bonds. The van der Waals surface area contributed by atoms with Crippen LogP contribution in [0.25, 0.3) is 0 Å². The van der Waals surface area contributed by atoms with Crippen molar-refractivity contribution in [2.75, 3.05) is 6.54 Å². The first-order chi connectivity index (χ1) is 8.70. The van der Waals surface area contributed by atoms with Crippen LogP contribution >= 0.6 is 0 Å². The third kappa shape index (κ3) is 2.99. The van der Waals surface area contributed by atoms with Crippen LogP contribution in [0.2, 0.25) is 0 Å². The lowest BCUT2D eigenvalue weighted by molar-refractivity contribution is 0.576. The zero-order chi connectivity index (χ0) is 13.0. The lowest BCUT2D eigenvalue weighted by Crippen LogP contribution is -2.24. The van der Waals surface area contributed by atoms with Crippen molar-refractivity contribution < 1.29 is 0 Å². The Morgan fingerprint density at radius 2 is 1.94 bits per heavy atom. The molecule has 0 radical (unpaired) electrons. The van der Waals surface area contributed by atoms with Gasteiger partial charge in [0, 0.05) is 12.4 Å². The highest BCUT2D eigenvalue weighted by Crippen LogP contribution is 2.21.